The highest BCUT2D eigenvalue weighted by atomic mass is 127. The molecule has 2 rings (SSSR count). The molecule has 2 atom stereocenters. The number of β-amino-alcohol motifs (C(OH)–C–C–N with tert-alkyl or cyclic N) is 1. The molecule has 1 aliphatic heterocycles. The topological polar surface area (TPSA) is 51.1 Å². The van der Waals surface area contributed by atoms with Crippen LogP contribution in [0.1, 0.15) is 24.9 Å². The summed E-state index contributed by atoms with van der Waals surface area (Å²) < 4.78 is 0. The quantitative estimate of drug-likeness (QED) is 0.424. The molecule has 0 bridgehead atoms. The molecule has 1 heterocycles. The molecule has 1 unspecified atom stereocenters. The van der Waals surface area contributed by atoms with Crippen molar-refractivity contribution in [2.24, 2.45) is 4.99 Å². The molecular formula is C17H29IN4O. The first-order valence-corrected chi connectivity index (χ1v) is 8.04. The number of rotatable bonds is 5. The van der Waals surface area contributed by atoms with Crippen molar-refractivity contribution in [3.8, 4) is 0 Å². The number of hydrogen-bond donors (Lipinski definition) is 2. The Morgan fingerprint density at radius 1 is 1.39 bits per heavy atom. The van der Waals surface area contributed by atoms with Crippen LogP contribution in [0, 0.1) is 0 Å². The summed E-state index contributed by atoms with van der Waals surface area (Å²) >= 11 is 0. The number of likely N-dealkylation sites (N-methyl/N-ethyl adjacent to an activating group) is 1. The zero-order valence-electron chi connectivity index (χ0n) is 14.3. The first-order chi connectivity index (χ1) is 10.6. The van der Waals surface area contributed by atoms with Gasteiger partial charge in [-0.05, 0) is 33.0 Å². The molecule has 130 valence electrons. The molecule has 1 aromatic carbocycles. The standard InChI is InChI=1S/C17H28N4O.HI/c1-4-18-17(21-11-10-15(22)13-21)19-12-16(20(2)3)14-8-6-5-7-9-14;/h5-9,15-16,22H,4,10-13H2,1-3H3,(H,18,19);1H/t15-,16?;/m1./s1. The van der Waals surface area contributed by atoms with Crippen molar-refractivity contribution in [3.63, 3.8) is 0 Å². The lowest BCUT2D eigenvalue weighted by Crippen LogP contribution is -2.41. The van der Waals surface area contributed by atoms with Gasteiger partial charge < -0.3 is 20.2 Å². The molecule has 1 aromatic rings. The summed E-state index contributed by atoms with van der Waals surface area (Å²) in [6.45, 7) is 5.15. The molecule has 0 saturated carbocycles. The minimum atomic E-state index is -0.234. The van der Waals surface area contributed by atoms with E-state index in [4.69, 9.17) is 4.99 Å². The van der Waals surface area contributed by atoms with Gasteiger partial charge in [0.1, 0.15) is 0 Å². The second-order valence-electron chi connectivity index (χ2n) is 5.97. The number of hydrogen-bond acceptors (Lipinski definition) is 3. The molecule has 0 spiro atoms. The van der Waals surface area contributed by atoms with Crippen molar-refractivity contribution in [1.82, 2.24) is 15.1 Å². The Morgan fingerprint density at radius 3 is 2.61 bits per heavy atom. The highest BCUT2D eigenvalue weighted by Gasteiger charge is 2.23. The Balaban J connectivity index is 0.00000264. The van der Waals surface area contributed by atoms with Gasteiger partial charge in [-0.2, -0.15) is 0 Å². The van der Waals surface area contributed by atoms with E-state index in [0.29, 0.717) is 13.1 Å². The van der Waals surface area contributed by atoms with E-state index >= 15 is 0 Å². The lowest BCUT2D eigenvalue weighted by atomic mass is 10.1. The maximum absolute atomic E-state index is 9.73. The van der Waals surface area contributed by atoms with Crippen molar-refractivity contribution < 1.29 is 5.11 Å². The van der Waals surface area contributed by atoms with E-state index in [1.807, 2.05) is 6.07 Å². The molecule has 0 amide bonds. The van der Waals surface area contributed by atoms with Gasteiger partial charge in [0.15, 0.2) is 5.96 Å². The minimum absolute atomic E-state index is 0. The smallest absolute Gasteiger partial charge is 0.194 e. The molecule has 1 aliphatic rings. The third-order valence-electron chi connectivity index (χ3n) is 4.02. The monoisotopic (exact) mass is 432 g/mol. The number of aliphatic hydroxyl groups is 1. The third kappa shape index (κ3) is 5.93. The fourth-order valence-corrected chi connectivity index (χ4v) is 2.77. The number of nitrogens with one attached hydrogen (secondary N) is 1. The Hall–Kier alpha value is -0.860. The van der Waals surface area contributed by atoms with Crippen molar-refractivity contribution in [3.05, 3.63) is 35.9 Å². The maximum atomic E-state index is 9.73. The lowest BCUT2D eigenvalue weighted by Gasteiger charge is -2.25. The molecular weight excluding hydrogens is 403 g/mol. The van der Waals surface area contributed by atoms with Crippen molar-refractivity contribution in [2.45, 2.75) is 25.5 Å². The summed E-state index contributed by atoms with van der Waals surface area (Å²) in [6.07, 6.45) is 0.586. The average Bonchev–Trinajstić information content (AvgIpc) is 2.93. The number of nitrogens with zero attached hydrogens (tertiary/aromatic N) is 3. The van der Waals surface area contributed by atoms with Crippen LogP contribution in [0.4, 0.5) is 0 Å². The van der Waals surface area contributed by atoms with Crippen LogP contribution >= 0.6 is 24.0 Å². The highest BCUT2D eigenvalue weighted by molar-refractivity contribution is 14.0. The summed E-state index contributed by atoms with van der Waals surface area (Å²) in [7, 11) is 4.17. The van der Waals surface area contributed by atoms with Crippen molar-refractivity contribution >= 4 is 29.9 Å². The van der Waals surface area contributed by atoms with Crippen LogP contribution in [0.25, 0.3) is 0 Å². The molecule has 0 radical (unpaired) electrons. The SMILES string of the molecule is CCNC(=NCC(c1ccccc1)N(C)C)N1CC[C@@H](O)C1.I. The van der Waals surface area contributed by atoms with E-state index in [0.717, 1.165) is 25.5 Å². The molecule has 1 saturated heterocycles. The number of aliphatic hydroxyl groups excluding tert-OH is 1. The Bertz CT molecular complexity index is 481. The molecule has 1 fully saturated rings. The number of aliphatic imine (C=N–C) groups is 1. The van der Waals surface area contributed by atoms with E-state index in [1.54, 1.807) is 0 Å². The average molecular weight is 432 g/mol. The molecule has 0 aromatic heterocycles. The van der Waals surface area contributed by atoms with E-state index in [9.17, 15) is 5.11 Å². The predicted octanol–water partition coefficient (Wildman–Crippen LogP) is 1.94. The number of likely N-dealkylation sites (tertiary alicyclic amines) is 1. The van der Waals surface area contributed by atoms with E-state index in [1.165, 1.54) is 5.56 Å². The van der Waals surface area contributed by atoms with E-state index in [2.05, 4.69) is 60.4 Å². The van der Waals surface area contributed by atoms with Gasteiger partial charge >= 0.3 is 0 Å². The summed E-state index contributed by atoms with van der Waals surface area (Å²) in [6, 6.07) is 10.7. The van der Waals surface area contributed by atoms with Gasteiger partial charge in [-0.1, -0.05) is 30.3 Å². The van der Waals surface area contributed by atoms with Crippen LogP contribution in [0.2, 0.25) is 0 Å². The Labute approximate surface area is 156 Å². The summed E-state index contributed by atoms with van der Waals surface area (Å²) in [5.41, 5.74) is 1.27. The second-order valence-corrected chi connectivity index (χ2v) is 5.97. The minimum Gasteiger partial charge on any atom is -0.391 e. The Morgan fingerprint density at radius 2 is 2.09 bits per heavy atom. The van der Waals surface area contributed by atoms with Crippen LogP contribution in [-0.2, 0) is 0 Å². The predicted molar refractivity (Wildman–Crippen MR) is 106 cm³/mol. The van der Waals surface area contributed by atoms with Gasteiger partial charge in [-0.15, -0.1) is 24.0 Å². The first kappa shape index (κ1) is 20.2. The van der Waals surface area contributed by atoms with Crippen LogP contribution < -0.4 is 5.32 Å². The summed E-state index contributed by atoms with van der Waals surface area (Å²) in [4.78, 5) is 9.15. The normalized spacial score (nSPS) is 19.6. The van der Waals surface area contributed by atoms with Gasteiger partial charge in [-0.25, -0.2) is 0 Å². The fraction of sp³-hybridized carbons (Fsp3) is 0.588. The Kier molecular flexibility index (Phi) is 8.86. The molecule has 6 heteroatoms. The maximum Gasteiger partial charge on any atom is 0.194 e. The molecule has 23 heavy (non-hydrogen) atoms. The molecule has 0 aliphatic carbocycles. The van der Waals surface area contributed by atoms with Gasteiger partial charge in [0.05, 0.1) is 18.7 Å². The fourth-order valence-electron chi connectivity index (χ4n) is 2.77. The van der Waals surface area contributed by atoms with Gasteiger partial charge in [0.2, 0.25) is 0 Å². The van der Waals surface area contributed by atoms with Crippen LogP contribution in [0.3, 0.4) is 0 Å². The third-order valence-corrected chi connectivity index (χ3v) is 4.02. The van der Waals surface area contributed by atoms with Crippen LogP contribution in [-0.4, -0.2) is 67.2 Å². The molecule has 5 nitrogen and oxygen atoms in total. The largest absolute Gasteiger partial charge is 0.391 e. The zero-order chi connectivity index (χ0) is 15.9. The number of halogens is 1. The first-order valence-electron chi connectivity index (χ1n) is 8.04. The van der Waals surface area contributed by atoms with Crippen molar-refractivity contribution in [1.29, 1.82) is 0 Å². The zero-order valence-corrected chi connectivity index (χ0v) is 16.6. The lowest BCUT2D eigenvalue weighted by molar-refractivity contribution is 0.187. The second kappa shape index (κ2) is 10.1. The van der Waals surface area contributed by atoms with E-state index in [-0.39, 0.29) is 36.1 Å². The van der Waals surface area contributed by atoms with Gasteiger partial charge in [0.25, 0.3) is 0 Å². The van der Waals surface area contributed by atoms with Gasteiger partial charge in [-0.3, -0.25) is 4.99 Å². The van der Waals surface area contributed by atoms with Gasteiger partial charge in [0, 0.05) is 19.6 Å². The van der Waals surface area contributed by atoms with E-state index < -0.39 is 0 Å². The summed E-state index contributed by atoms with van der Waals surface area (Å²) in [5, 5.41) is 13.1. The van der Waals surface area contributed by atoms with Crippen LogP contribution in [0.5, 0.6) is 0 Å². The summed E-state index contributed by atoms with van der Waals surface area (Å²) in [5.74, 6) is 0.904. The molecule has 2 N–H and O–H groups in total. The van der Waals surface area contributed by atoms with Crippen molar-refractivity contribution in [2.75, 3.05) is 40.3 Å². The van der Waals surface area contributed by atoms with Crippen LogP contribution in [0.15, 0.2) is 35.3 Å². The number of guanidine groups is 1. The highest BCUT2D eigenvalue weighted by Crippen LogP contribution is 2.18. The number of benzene rings is 1.